The van der Waals surface area contributed by atoms with E-state index in [0.29, 0.717) is 11.4 Å². The molecule has 162 valence electrons. The molecule has 0 bridgehead atoms. The Morgan fingerprint density at radius 2 is 1.71 bits per heavy atom. The summed E-state index contributed by atoms with van der Waals surface area (Å²) in [7, 11) is -2.20. The summed E-state index contributed by atoms with van der Waals surface area (Å²) in [5.41, 5.74) is 1.42. The molecule has 0 aliphatic rings. The van der Waals surface area contributed by atoms with Crippen molar-refractivity contribution in [3.63, 3.8) is 0 Å². The predicted molar refractivity (Wildman–Crippen MR) is 119 cm³/mol. The van der Waals surface area contributed by atoms with Crippen LogP contribution in [0.5, 0.6) is 11.5 Å². The number of carbonyl (C=O) groups excluding carboxylic acids is 1. The molecule has 3 rings (SSSR count). The van der Waals surface area contributed by atoms with Gasteiger partial charge in [-0.25, -0.2) is 13.1 Å². The molecule has 0 unspecified atom stereocenters. The van der Waals surface area contributed by atoms with Gasteiger partial charge >= 0.3 is 0 Å². The molecule has 31 heavy (non-hydrogen) atoms. The minimum absolute atomic E-state index is 0.00321. The lowest BCUT2D eigenvalue weighted by molar-refractivity contribution is -0.118. The van der Waals surface area contributed by atoms with Crippen molar-refractivity contribution in [1.29, 1.82) is 0 Å². The molecule has 0 atom stereocenters. The molecule has 0 saturated carbocycles. The number of hydrogen-bond donors (Lipinski definition) is 2. The first-order valence-electron chi connectivity index (χ1n) is 9.27. The predicted octanol–water partition coefficient (Wildman–Crippen LogP) is 3.84. The minimum atomic E-state index is -3.76. The van der Waals surface area contributed by atoms with Crippen LogP contribution in [0.3, 0.4) is 0 Å². The van der Waals surface area contributed by atoms with E-state index in [1.165, 1.54) is 18.2 Å². The summed E-state index contributed by atoms with van der Waals surface area (Å²) in [6, 6.07) is 20.1. The van der Waals surface area contributed by atoms with Crippen LogP contribution >= 0.6 is 11.6 Å². The van der Waals surface area contributed by atoms with Gasteiger partial charge in [0.1, 0.15) is 11.5 Å². The van der Waals surface area contributed by atoms with E-state index in [2.05, 4.69) is 10.0 Å². The van der Waals surface area contributed by atoms with Gasteiger partial charge in [-0.05, 0) is 48.0 Å². The molecule has 0 aliphatic heterocycles. The van der Waals surface area contributed by atoms with Gasteiger partial charge in [0, 0.05) is 12.2 Å². The van der Waals surface area contributed by atoms with E-state index >= 15 is 0 Å². The molecule has 0 aliphatic carbocycles. The van der Waals surface area contributed by atoms with Crippen LogP contribution in [0.4, 0.5) is 5.69 Å². The second kappa shape index (κ2) is 10.3. The molecule has 0 heterocycles. The molecule has 0 spiro atoms. The van der Waals surface area contributed by atoms with Crippen molar-refractivity contribution in [2.75, 3.05) is 19.0 Å². The third-order valence-corrected chi connectivity index (χ3v) is 5.95. The van der Waals surface area contributed by atoms with Crippen molar-refractivity contribution in [3.8, 4) is 11.5 Å². The molecule has 0 radical (unpaired) electrons. The second-order valence-corrected chi connectivity index (χ2v) is 8.64. The van der Waals surface area contributed by atoms with Crippen LogP contribution in [0.15, 0.2) is 77.7 Å². The highest BCUT2D eigenvalue weighted by atomic mass is 35.5. The number of hydrogen-bond acceptors (Lipinski definition) is 5. The monoisotopic (exact) mass is 460 g/mol. The van der Waals surface area contributed by atoms with Gasteiger partial charge in [-0.15, -0.1) is 0 Å². The Balaban J connectivity index is 1.57. The molecule has 3 aromatic rings. The Hall–Kier alpha value is -3.07. The fourth-order valence-electron chi connectivity index (χ4n) is 2.64. The van der Waals surface area contributed by atoms with Crippen LogP contribution in [-0.4, -0.2) is 28.0 Å². The number of amides is 1. The van der Waals surface area contributed by atoms with Crippen LogP contribution in [0.2, 0.25) is 5.02 Å². The lowest BCUT2D eigenvalue weighted by Crippen LogP contribution is -2.23. The summed E-state index contributed by atoms with van der Waals surface area (Å²) in [6.07, 6.45) is 0. The number of nitrogens with one attached hydrogen (secondary N) is 2. The lowest BCUT2D eigenvalue weighted by Gasteiger charge is -2.11. The Labute approximate surface area is 186 Å². The van der Waals surface area contributed by atoms with E-state index in [1.807, 2.05) is 30.3 Å². The van der Waals surface area contributed by atoms with Crippen molar-refractivity contribution in [1.82, 2.24) is 4.72 Å². The van der Waals surface area contributed by atoms with Gasteiger partial charge in [0.25, 0.3) is 5.91 Å². The average molecular weight is 461 g/mol. The third-order valence-electron chi connectivity index (χ3n) is 4.26. The summed E-state index contributed by atoms with van der Waals surface area (Å²) in [6.45, 7) is -0.130. The maximum absolute atomic E-state index is 12.5. The van der Waals surface area contributed by atoms with Crippen molar-refractivity contribution < 1.29 is 22.7 Å². The zero-order chi connectivity index (χ0) is 22.3. The number of methoxy groups -OCH3 is 1. The van der Waals surface area contributed by atoms with Gasteiger partial charge in [0.05, 0.1) is 17.0 Å². The first-order chi connectivity index (χ1) is 14.9. The smallest absolute Gasteiger partial charge is 0.262 e. The number of benzene rings is 3. The summed E-state index contributed by atoms with van der Waals surface area (Å²) >= 11 is 6.17. The second-order valence-electron chi connectivity index (χ2n) is 6.47. The van der Waals surface area contributed by atoms with E-state index in [9.17, 15) is 13.2 Å². The van der Waals surface area contributed by atoms with Crippen LogP contribution in [-0.2, 0) is 21.4 Å². The number of halogens is 1. The first-order valence-corrected chi connectivity index (χ1v) is 11.1. The lowest BCUT2D eigenvalue weighted by atomic mass is 10.2. The molecular weight excluding hydrogens is 440 g/mol. The largest absolute Gasteiger partial charge is 0.497 e. The number of rotatable bonds is 9. The maximum atomic E-state index is 12.5. The van der Waals surface area contributed by atoms with E-state index in [4.69, 9.17) is 21.1 Å². The van der Waals surface area contributed by atoms with E-state index in [0.717, 1.165) is 5.56 Å². The van der Waals surface area contributed by atoms with Gasteiger partial charge < -0.3 is 14.8 Å². The normalized spacial score (nSPS) is 11.0. The Morgan fingerprint density at radius 1 is 1.00 bits per heavy atom. The Kier molecular flexibility index (Phi) is 7.51. The molecule has 3 aromatic carbocycles. The van der Waals surface area contributed by atoms with Gasteiger partial charge in [0.2, 0.25) is 10.0 Å². The highest BCUT2D eigenvalue weighted by Crippen LogP contribution is 2.27. The molecule has 2 N–H and O–H groups in total. The van der Waals surface area contributed by atoms with E-state index in [-0.39, 0.29) is 34.7 Å². The zero-order valence-corrected chi connectivity index (χ0v) is 18.2. The molecule has 7 nitrogen and oxygen atoms in total. The minimum Gasteiger partial charge on any atom is -0.497 e. The van der Waals surface area contributed by atoms with Crippen LogP contribution in [0.1, 0.15) is 5.56 Å². The summed E-state index contributed by atoms with van der Waals surface area (Å²) in [5.74, 6) is 0.491. The Morgan fingerprint density at radius 3 is 2.35 bits per heavy atom. The summed E-state index contributed by atoms with van der Waals surface area (Å²) in [4.78, 5) is 12.1. The number of carbonyl (C=O) groups is 1. The van der Waals surface area contributed by atoms with Crippen molar-refractivity contribution in [3.05, 3.63) is 83.4 Å². The summed E-state index contributed by atoms with van der Waals surface area (Å²) < 4.78 is 38.0. The van der Waals surface area contributed by atoms with Crippen molar-refractivity contribution >= 4 is 33.2 Å². The highest BCUT2D eigenvalue weighted by Gasteiger charge is 2.16. The maximum Gasteiger partial charge on any atom is 0.262 e. The van der Waals surface area contributed by atoms with Crippen LogP contribution in [0, 0.1) is 0 Å². The van der Waals surface area contributed by atoms with E-state index < -0.39 is 10.0 Å². The van der Waals surface area contributed by atoms with Gasteiger partial charge in [-0.3, -0.25) is 4.79 Å². The number of anilines is 1. The molecule has 9 heteroatoms. The van der Waals surface area contributed by atoms with Crippen LogP contribution < -0.4 is 19.5 Å². The van der Waals surface area contributed by atoms with Crippen molar-refractivity contribution in [2.24, 2.45) is 0 Å². The number of ether oxygens (including phenoxy) is 2. The summed E-state index contributed by atoms with van der Waals surface area (Å²) in [5, 5.41) is 2.77. The average Bonchev–Trinajstić information content (AvgIpc) is 2.78. The molecule has 0 saturated heterocycles. The zero-order valence-electron chi connectivity index (χ0n) is 16.7. The SMILES string of the molecule is COc1ccc(NC(=O)COc2ccc(S(=O)(=O)NCc3ccccc3)cc2Cl)cc1. The van der Waals surface area contributed by atoms with Gasteiger partial charge in [-0.2, -0.15) is 0 Å². The molecule has 0 aromatic heterocycles. The fourth-order valence-corrected chi connectivity index (χ4v) is 3.98. The topological polar surface area (TPSA) is 93.7 Å². The quantitative estimate of drug-likeness (QED) is 0.506. The molecular formula is C22H21ClN2O5S. The third kappa shape index (κ3) is 6.45. The highest BCUT2D eigenvalue weighted by molar-refractivity contribution is 7.89. The van der Waals surface area contributed by atoms with Crippen molar-refractivity contribution in [2.45, 2.75) is 11.4 Å². The van der Waals surface area contributed by atoms with Gasteiger partial charge in [0.15, 0.2) is 6.61 Å². The Bertz CT molecular complexity index is 1140. The number of sulfonamides is 1. The molecule has 1 amide bonds. The van der Waals surface area contributed by atoms with Gasteiger partial charge in [-0.1, -0.05) is 41.9 Å². The fraction of sp³-hybridized carbons (Fsp3) is 0.136. The first kappa shape index (κ1) is 22.6. The van der Waals surface area contributed by atoms with E-state index in [1.54, 1.807) is 31.4 Å². The van der Waals surface area contributed by atoms with Crippen LogP contribution in [0.25, 0.3) is 0 Å². The molecule has 0 fully saturated rings. The standard InChI is InChI=1S/C22H21ClN2O5S/c1-29-18-9-7-17(8-10-18)25-22(26)15-30-21-12-11-19(13-20(21)23)31(27,28)24-14-16-5-3-2-4-6-16/h2-13,24H,14-15H2,1H3,(H,25,26).